The van der Waals surface area contributed by atoms with E-state index in [4.69, 9.17) is 5.73 Å². The van der Waals surface area contributed by atoms with E-state index in [1.54, 1.807) is 11.3 Å². The van der Waals surface area contributed by atoms with Gasteiger partial charge in [0.2, 0.25) is 0 Å². The number of nitrogens with two attached hydrogens (primary N) is 1. The lowest BCUT2D eigenvalue weighted by Gasteiger charge is -2.15. The van der Waals surface area contributed by atoms with Gasteiger partial charge in [-0.1, -0.05) is 30.3 Å². The van der Waals surface area contributed by atoms with Crippen molar-refractivity contribution in [2.45, 2.75) is 19.6 Å². The van der Waals surface area contributed by atoms with Crippen LogP contribution in [0.1, 0.15) is 22.2 Å². The zero-order chi connectivity index (χ0) is 11.4. The van der Waals surface area contributed by atoms with Gasteiger partial charge in [-0.05, 0) is 29.5 Å². The van der Waals surface area contributed by atoms with Crippen molar-refractivity contribution >= 4 is 11.3 Å². The van der Waals surface area contributed by atoms with Crippen LogP contribution in [0.15, 0.2) is 41.8 Å². The Kier molecular flexibility index (Phi) is 3.72. The maximum atomic E-state index is 6.11. The first kappa shape index (κ1) is 11.3. The summed E-state index contributed by atoms with van der Waals surface area (Å²) >= 11 is 1.75. The van der Waals surface area contributed by atoms with E-state index in [2.05, 4.69) is 41.9 Å². The van der Waals surface area contributed by atoms with Crippen LogP contribution >= 0.6 is 11.3 Å². The number of hydrogen-bond acceptors (Lipinski definition) is 3. The van der Waals surface area contributed by atoms with Crippen molar-refractivity contribution < 1.29 is 0 Å². The second-order valence-corrected chi connectivity index (χ2v) is 4.83. The quantitative estimate of drug-likeness (QED) is 0.795. The maximum absolute atomic E-state index is 6.11. The molecule has 3 heteroatoms. The van der Waals surface area contributed by atoms with E-state index >= 15 is 0 Å². The molecule has 0 saturated heterocycles. The Morgan fingerprint density at radius 3 is 2.75 bits per heavy atom. The smallest absolute Gasteiger partial charge is 0.0815 e. The molecule has 2 aromatic rings. The van der Waals surface area contributed by atoms with Gasteiger partial charge in [0.1, 0.15) is 0 Å². The normalized spacial score (nSPS) is 12.6. The summed E-state index contributed by atoms with van der Waals surface area (Å²) < 4.78 is 0. The Morgan fingerprint density at radius 2 is 2.06 bits per heavy atom. The van der Waals surface area contributed by atoms with E-state index in [-0.39, 0.29) is 6.17 Å². The molecule has 1 heterocycles. The molecular formula is C13H16N2S. The van der Waals surface area contributed by atoms with Gasteiger partial charge in [-0.15, -0.1) is 11.3 Å². The summed E-state index contributed by atoms with van der Waals surface area (Å²) in [5.74, 6) is 0. The van der Waals surface area contributed by atoms with Crippen molar-refractivity contribution in [3.63, 3.8) is 0 Å². The number of hydrogen-bond donors (Lipinski definition) is 2. The number of thiophene rings is 1. The van der Waals surface area contributed by atoms with Crippen LogP contribution < -0.4 is 11.1 Å². The van der Waals surface area contributed by atoms with E-state index in [1.807, 2.05) is 12.1 Å². The van der Waals surface area contributed by atoms with Gasteiger partial charge < -0.3 is 5.73 Å². The average Bonchev–Trinajstić information content (AvgIpc) is 2.79. The highest BCUT2D eigenvalue weighted by Crippen LogP contribution is 2.14. The van der Waals surface area contributed by atoms with E-state index in [0.29, 0.717) is 0 Å². The molecule has 0 saturated carbocycles. The van der Waals surface area contributed by atoms with Crippen molar-refractivity contribution in [2.75, 3.05) is 0 Å². The molecule has 3 N–H and O–H groups in total. The average molecular weight is 232 g/mol. The molecule has 0 bridgehead atoms. The Bertz CT molecular complexity index is 437. The summed E-state index contributed by atoms with van der Waals surface area (Å²) in [6, 6.07) is 12.4. The van der Waals surface area contributed by atoms with Crippen LogP contribution in [-0.4, -0.2) is 0 Å². The van der Waals surface area contributed by atoms with E-state index < -0.39 is 0 Å². The van der Waals surface area contributed by atoms with Crippen molar-refractivity contribution in [3.05, 3.63) is 57.8 Å². The van der Waals surface area contributed by atoms with Crippen LogP contribution in [0.5, 0.6) is 0 Å². The van der Waals surface area contributed by atoms with Crippen LogP contribution in [0, 0.1) is 6.92 Å². The predicted molar refractivity (Wildman–Crippen MR) is 69.3 cm³/mol. The van der Waals surface area contributed by atoms with Gasteiger partial charge in [0.05, 0.1) is 6.17 Å². The van der Waals surface area contributed by atoms with Gasteiger partial charge in [-0.3, -0.25) is 5.32 Å². The van der Waals surface area contributed by atoms with Crippen LogP contribution in [0.4, 0.5) is 0 Å². The summed E-state index contributed by atoms with van der Waals surface area (Å²) in [5, 5.41) is 5.41. The SMILES string of the molecule is Cc1ccccc1C(N)NCc1cccs1. The highest BCUT2D eigenvalue weighted by Gasteiger charge is 2.07. The molecule has 1 aromatic heterocycles. The van der Waals surface area contributed by atoms with Crippen molar-refractivity contribution in [3.8, 4) is 0 Å². The molecular weight excluding hydrogens is 216 g/mol. The zero-order valence-electron chi connectivity index (χ0n) is 9.31. The maximum Gasteiger partial charge on any atom is 0.0815 e. The second-order valence-electron chi connectivity index (χ2n) is 3.79. The lowest BCUT2D eigenvalue weighted by Crippen LogP contribution is -2.28. The first-order valence-corrected chi connectivity index (χ1v) is 6.22. The fraction of sp³-hybridized carbons (Fsp3) is 0.231. The van der Waals surface area contributed by atoms with Gasteiger partial charge in [0, 0.05) is 11.4 Å². The third-order valence-electron chi connectivity index (χ3n) is 2.60. The van der Waals surface area contributed by atoms with E-state index in [0.717, 1.165) is 6.54 Å². The Balaban J connectivity index is 1.98. The first-order chi connectivity index (χ1) is 7.77. The van der Waals surface area contributed by atoms with Crippen LogP contribution in [0.25, 0.3) is 0 Å². The Labute approximate surface area is 100 Å². The highest BCUT2D eigenvalue weighted by atomic mass is 32.1. The first-order valence-electron chi connectivity index (χ1n) is 5.34. The topological polar surface area (TPSA) is 38.0 Å². The minimum absolute atomic E-state index is 0.0942. The molecule has 1 aromatic carbocycles. The van der Waals surface area contributed by atoms with Gasteiger partial charge in [-0.2, -0.15) is 0 Å². The van der Waals surface area contributed by atoms with Gasteiger partial charge >= 0.3 is 0 Å². The molecule has 0 radical (unpaired) electrons. The Hall–Kier alpha value is -1.16. The van der Waals surface area contributed by atoms with E-state index in [9.17, 15) is 0 Å². The molecule has 0 aliphatic rings. The van der Waals surface area contributed by atoms with Gasteiger partial charge in [-0.25, -0.2) is 0 Å². The van der Waals surface area contributed by atoms with Crippen molar-refractivity contribution in [1.82, 2.24) is 5.32 Å². The molecule has 2 rings (SSSR count). The third-order valence-corrected chi connectivity index (χ3v) is 3.48. The fourth-order valence-electron chi connectivity index (χ4n) is 1.67. The van der Waals surface area contributed by atoms with Crippen LogP contribution in [-0.2, 0) is 6.54 Å². The molecule has 0 aliphatic carbocycles. The van der Waals surface area contributed by atoms with Gasteiger partial charge in [0.15, 0.2) is 0 Å². The fourth-order valence-corrected chi connectivity index (χ4v) is 2.33. The van der Waals surface area contributed by atoms with Crippen molar-refractivity contribution in [2.24, 2.45) is 5.73 Å². The summed E-state index contributed by atoms with van der Waals surface area (Å²) in [4.78, 5) is 1.31. The summed E-state index contributed by atoms with van der Waals surface area (Å²) in [5.41, 5.74) is 8.50. The molecule has 0 spiro atoms. The number of nitrogens with one attached hydrogen (secondary N) is 1. The lowest BCUT2D eigenvalue weighted by atomic mass is 10.1. The number of rotatable bonds is 4. The third kappa shape index (κ3) is 2.70. The van der Waals surface area contributed by atoms with Gasteiger partial charge in [0.25, 0.3) is 0 Å². The monoisotopic (exact) mass is 232 g/mol. The molecule has 16 heavy (non-hydrogen) atoms. The molecule has 0 fully saturated rings. The lowest BCUT2D eigenvalue weighted by molar-refractivity contribution is 0.553. The standard InChI is InChI=1S/C13H16N2S/c1-10-5-2-3-7-12(10)13(14)15-9-11-6-4-8-16-11/h2-8,13,15H,9,14H2,1H3. The van der Waals surface area contributed by atoms with Crippen molar-refractivity contribution in [1.29, 1.82) is 0 Å². The summed E-state index contributed by atoms with van der Waals surface area (Å²) in [7, 11) is 0. The predicted octanol–water partition coefficient (Wildman–Crippen LogP) is 2.80. The minimum Gasteiger partial charge on any atom is -0.312 e. The number of aryl methyl sites for hydroxylation is 1. The second kappa shape index (κ2) is 5.25. The molecule has 1 unspecified atom stereocenters. The Morgan fingerprint density at radius 1 is 1.25 bits per heavy atom. The van der Waals surface area contributed by atoms with Crippen LogP contribution in [0.3, 0.4) is 0 Å². The summed E-state index contributed by atoms with van der Waals surface area (Å²) in [6.07, 6.45) is -0.0942. The molecule has 0 aliphatic heterocycles. The summed E-state index contributed by atoms with van der Waals surface area (Å²) in [6.45, 7) is 2.91. The minimum atomic E-state index is -0.0942. The van der Waals surface area contributed by atoms with E-state index in [1.165, 1.54) is 16.0 Å². The molecule has 84 valence electrons. The van der Waals surface area contributed by atoms with Crippen LogP contribution in [0.2, 0.25) is 0 Å². The largest absolute Gasteiger partial charge is 0.312 e. The number of benzene rings is 1. The highest BCUT2D eigenvalue weighted by molar-refractivity contribution is 7.09. The zero-order valence-corrected chi connectivity index (χ0v) is 10.1. The molecule has 1 atom stereocenters. The molecule has 2 nitrogen and oxygen atoms in total. The molecule has 0 amide bonds.